The second-order valence-corrected chi connectivity index (χ2v) is 3.66. The zero-order chi connectivity index (χ0) is 11.4. The molecule has 3 nitrogen and oxygen atoms in total. The largest absolute Gasteiger partial charge is 0.367 e. The Hall–Kier alpha value is -1.87. The van der Waals surface area contributed by atoms with Gasteiger partial charge in [0.2, 0.25) is 0 Å². The van der Waals surface area contributed by atoms with Crippen LogP contribution in [0.4, 0.5) is 0 Å². The lowest BCUT2D eigenvalue weighted by atomic mass is 10.0. The van der Waals surface area contributed by atoms with Crippen molar-refractivity contribution in [2.45, 2.75) is 6.42 Å². The molecule has 2 aromatic rings. The third-order valence-electron chi connectivity index (χ3n) is 2.51. The van der Waals surface area contributed by atoms with Crippen LogP contribution < -0.4 is 5.73 Å². The van der Waals surface area contributed by atoms with E-state index >= 15 is 0 Å². The van der Waals surface area contributed by atoms with Crippen LogP contribution in [0, 0.1) is 0 Å². The van der Waals surface area contributed by atoms with Crippen molar-refractivity contribution in [2.24, 2.45) is 5.73 Å². The van der Waals surface area contributed by atoms with E-state index in [1.54, 1.807) is 18.5 Å². The van der Waals surface area contributed by atoms with E-state index in [-0.39, 0.29) is 5.78 Å². The van der Waals surface area contributed by atoms with Crippen molar-refractivity contribution < 1.29 is 4.79 Å². The van der Waals surface area contributed by atoms with Crippen LogP contribution in [-0.2, 0) is 6.42 Å². The minimum Gasteiger partial charge on any atom is -0.367 e. The second kappa shape index (κ2) is 4.77. The van der Waals surface area contributed by atoms with Gasteiger partial charge in [-0.15, -0.1) is 0 Å². The fourth-order valence-electron chi connectivity index (χ4n) is 1.62. The highest BCUT2D eigenvalue weighted by Gasteiger charge is 2.08. The Morgan fingerprint density at radius 1 is 1.12 bits per heavy atom. The van der Waals surface area contributed by atoms with Gasteiger partial charge in [0, 0.05) is 23.5 Å². The summed E-state index contributed by atoms with van der Waals surface area (Å²) >= 11 is 0. The highest BCUT2D eigenvalue weighted by Crippen LogP contribution is 2.10. The summed E-state index contributed by atoms with van der Waals surface area (Å²) in [7, 11) is 0. The molecule has 0 aliphatic rings. The number of aromatic amines is 1. The molecule has 82 valence electrons. The molecule has 3 N–H and O–H groups in total. The van der Waals surface area contributed by atoms with Gasteiger partial charge in [-0.25, -0.2) is 0 Å². The van der Waals surface area contributed by atoms with Gasteiger partial charge < -0.3 is 10.7 Å². The molecule has 0 bridgehead atoms. The zero-order valence-corrected chi connectivity index (χ0v) is 8.94. The van der Waals surface area contributed by atoms with Crippen molar-refractivity contribution in [3.8, 4) is 0 Å². The van der Waals surface area contributed by atoms with Crippen LogP contribution in [0.3, 0.4) is 0 Å². The summed E-state index contributed by atoms with van der Waals surface area (Å²) in [6, 6.07) is 9.37. The van der Waals surface area contributed by atoms with E-state index in [4.69, 9.17) is 5.73 Å². The third kappa shape index (κ3) is 2.20. The quantitative estimate of drug-likeness (QED) is 0.762. The molecule has 0 aliphatic carbocycles. The summed E-state index contributed by atoms with van der Waals surface area (Å²) in [5.74, 6) is 0.0422. The Labute approximate surface area is 94.3 Å². The summed E-state index contributed by atoms with van der Waals surface area (Å²) in [4.78, 5) is 14.8. The first-order valence-corrected chi connectivity index (χ1v) is 5.28. The molecule has 0 saturated carbocycles. The van der Waals surface area contributed by atoms with Crippen LogP contribution in [0.15, 0.2) is 42.7 Å². The maximum absolute atomic E-state index is 11.9. The number of benzene rings is 1. The molecule has 0 fully saturated rings. The van der Waals surface area contributed by atoms with Gasteiger partial charge in [-0.1, -0.05) is 24.3 Å². The van der Waals surface area contributed by atoms with E-state index in [2.05, 4.69) is 4.98 Å². The van der Waals surface area contributed by atoms with Crippen molar-refractivity contribution in [1.29, 1.82) is 0 Å². The van der Waals surface area contributed by atoms with E-state index in [9.17, 15) is 4.79 Å². The molecule has 0 atom stereocenters. The molecule has 16 heavy (non-hydrogen) atoms. The van der Waals surface area contributed by atoms with Gasteiger partial charge in [-0.05, 0) is 24.6 Å². The van der Waals surface area contributed by atoms with Gasteiger partial charge in [-0.2, -0.15) is 0 Å². The average molecular weight is 214 g/mol. The molecular formula is C13H14N2O. The fourth-order valence-corrected chi connectivity index (χ4v) is 1.62. The smallest absolute Gasteiger partial charge is 0.194 e. The van der Waals surface area contributed by atoms with Gasteiger partial charge in [0.25, 0.3) is 0 Å². The van der Waals surface area contributed by atoms with Gasteiger partial charge in [0.05, 0.1) is 0 Å². The van der Waals surface area contributed by atoms with Crippen LogP contribution in [-0.4, -0.2) is 17.3 Å². The second-order valence-electron chi connectivity index (χ2n) is 3.66. The lowest BCUT2D eigenvalue weighted by Gasteiger charge is -2.01. The summed E-state index contributed by atoms with van der Waals surface area (Å²) in [5.41, 5.74) is 8.02. The molecule has 0 saturated heterocycles. The normalized spacial score (nSPS) is 10.3. The van der Waals surface area contributed by atoms with Gasteiger partial charge in [0.1, 0.15) is 0 Å². The zero-order valence-electron chi connectivity index (χ0n) is 8.94. The molecule has 1 aromatic heterocycles. The van der Waals surface area contributed by atoms with E-state index in [1.807, 2.05) is 24.3 Å². The van der Waals surface area contributed by atoms with E-state index < -0.39 is 0 Å². The molecule has 0 unspecified atom stereocenters. The lowest BCUT2D eigenvalue weighted by molar-refractivity contribution is 0.103. The summed E-state index contributed by atoms with van der Waals surface area (Å²) in [5, 5.41) is 0. The monoisotopic (exact) mass is 214 g/mol. The van der Waals surface area contributed by atoms with Gasteiger partial charge in [0.15, 0.2) is 5.78 Å². The summed E-state index contributed by atoms with van der Waals surface area (Å²) in [6.45, 7) is 0.630. The highest BCUT2D eigenvalue weighted by atomic mass is 16.1. The first-order chi connectivity index (χ1) is 7.81. The Morgan fingerprint density at radius 2 is 1.88 bits per heavy atom. The number of nitrogens with one attached hydrogen (secondary N) is 1. The van der Waals surface area contributed by atoms with Gasteiger partial charge in [-0.3, -0.25) is 4.79 Å². The number of H-pyrrole nitrogens is 1. The molecule has 0 spiro atoms. The van der Waals surface area contributed by atoms with E-state index in [1.165, 1.54) is 0 Å². The average Bonchev–Trinajstić information content (AvgIpc) is 2.83. The Kier molecular flexibility index (Phi) is 3.17. The number of carbonyl (C=O) groups is 1. The standard InChI is InChI=1S/C13H14N2O/c14-7-5-10-1-3-11(4-2-10)13(16)12-6-8-15-9-12/h1-4,6,8-9,15H,5,7,14H2. The summed E-state index contributed by atoms with van der Waals surface area (Å²) in [6.07, 6.45) is 4.30. The number of hydrogen-bond acceptors (Lipinski definition) is 2. The lowest BCUT2D eigenvalue weighted by Crippen LogP contribution is -2.04. The van der Waals surface area contributed by atoms with Crippen molar-refractivity contribution in [3.63, 3.8) is 0 Å². The SMILES string of the molecule is NCCc1ccc(C(=O)c2cc[nH]c2)cc1. The van der Waals surface area contributed by atoms with Crippen LogP contribution in [0.1, 0.15) is 21.5 Å². The first kappa shape index (κ1) is 10.6. The minimum atomic E-state index is 0.0422. The number of carbonyl (C=O) groups excluding carboxylic acids is 1. The van der Waals surface area contributed by atoms with Crippen LogP contribution >= 0.6 is 0 Å². The van der Waals surface area contributed by atoms with Crippen molar-refractivity contribution >= 4 is 5.78 Å². The Balaban J connectivity index is 2.19. The molecule has 1 heterocycles. The van der Waals surface area contributed by atoms with Crippen molar-refractivity contribution in [3.05, 3.63) is 59.4 Å². The minimum absolute atomic E-state index is 0.0422. The van der Waals surface area contributed by atoms with Crippen LogP contribution in [0.25, 0.3) is 0 Å². The molecule has 3 heteroatoms. The molecule has 0 radical (unpaired) electrons. The maximum atomic E-state index is 11.9. The third-order valence-corrected chi connectivity index (χ3v) is 2.51. The number of ketones is 1. The highest BCUT2D eigenvalue weighted by molar-refractivity contribution is 6.08. The summed E-state index contributed by atoms with van der Waals surface area (Å²) < 4.78 is 0. The van der Waals surface area contributed by atoms with Crippen molar-refractivity contribution in [1.82, 2.24) is 4.98 Å². The number of aromatic nitrogens is 1. The molecule has 2 rings (SSSR count). The molecule has 0 aliphatic heterocycles. The topological polar surface area (TPSA) is 58.9 Å². The Morgan fingerprint density at radius 3 is 2.44 bits per heavy atom. The van der Waals surface area contributed by atoms with E-state index in [0.717, 1.165) is 12.0 Å². The predicted molar refractivity (Wildman–Crippen MR) is 63.4 cm³/mol. The maximum Gasteiger partial charge on any atom is 0.194 e. The number of nitrogens with two attached hydrogens (primary N) is 1. The van der Waals surface area contributed by atoms with Gasteiger partial charge >= 0.3 is 0 Å². The van der Waals surface area contributed by atoms with Crippen LogP contribution in [0.2, 0.25) is 0 Å². The number of hydrogen-bond donors (Lipinski definition) is 2. The van der Waals surface area contributed by atoms with Crippen LogP contribution in [0.5, 0.6) is 0 Å². The first-order valence-electron chi connectivity index (χ1n) is 5.28. The molecular weight excluding hydrogens is 200 g/mol. The van der Waals surface area contributed by atoms with Crippen molar-refractivity contribution in [2.75, 3.05) is 6.54 Å². The molecule has 1 aromatic carbocycles. The number of rotatable bonds is 4. The fraction of sp³-hybridized carbons (Fsp3) is 0.154. The predicted octanol–water partition coefficient (Wildman–Crippen LogP) is 1.75. The molecule has 0 amide bonds. The van der Waals surface area contributed by atoms with E-state index in [0.29, 0.717) is 17.7 Å². The Bertz CT molecular complexity index is 457.